The topological polar surface area (TPSA) is 75.7 Å². The minimum Gasteiger partial charge on any atom is -0.466 e. The molecule has 0 unspecified atom stereocenters. The molecule has 1 heterocycles. The summed E-state index contributed by atoms with van der Waals surface area (Å²) in [6.45, 7) is 0.422. The molecule has 0 saturated carbocycles. The van der Waals surface area contributed by atoms with Gasteiger partial charge in [-0.15, -0.1) is 0 Å². The molecule has 206 valence electrons. The first-order chi connectivity index (χ1) is 20.0. The predicted molar refractivity (Wildman–Crippen MR) is 162 cm³/mol. The number of fused-ring (bicyclic) bond motifs is 1. The van der Waals surface area contributed by atoms with Crippen molar-refractivity contribution in [3.8, 4) is 11.1 Å². The Balaban J connectivity index is 1.36. The minimum absolute atomic E-state index is 0.140. The van der Waals surface area contributed by atoms with Crippen LogP contribution in [0.4, 0.5) is 11.4 Å². The molecule has 0 aromatic heterocycles. The second-order valence-corrected chi connectivity index (χ2v) is 9.89. The van der Waals surface area contributed by atoms with Crippen LogP contribution >= 0.6 is 0 Å². The fourth-order valence-corrected chi connectivity index (χ4v) is 5.17. The Hall–Kier alpha value is -4.97. The van der Waals surface area contributed by atoms with Gasteiger partial charge in [0.05, 0.1) is 7.11 Å². The van der Waals surface area contributed by atoms with Crippen LogP contribution in [0.2, 0.25) is 0 Å². The second-order valence-electron chi connectivity index (χ2n) is 9.89. The number of ether oxygens (including phenoxy) is 1. The third-order valence-electron chi connectivity index (χ3n) is 7.26. The van der Waals surface area contributed by atoms with Crippen LogP contribution in [0.5, 0.6) is 0 Å². The van der Waals surface area contributed by atoms with Gasteiger partial charge < -0.3 is 15.0 Å². The number of nitrogens with zero attached hydrogens (tertiary/aromatic N) is 1. The lowest BCUT2D eigenvalue weighted by molar-refractivity contribution is -0.136. The van der Waals surface area contributed by atoms with Gasteiger partial charge in [-0.1, -0.05) is 72.8 Å². The molecule has 2 amide bonds. The van der Waals surface area contributed by atoms with E-state index in [1.54, 1.807) is 35.2 Å². The Labute approximate surface area is 240 Å². The molecule has 1 N–H and O–H groups in total. The molecule has 1 aliphatic heterocycles. The van der Waals surface area contributed by atoms with Crippen LogP contribution in [0.3, 0.4) is 0 Å². The molecule has 0 saturated heterocycles. The van der Waals surface area contributed by atoms with Gasteiger partial charge in [-0.05, 0) is 78.8 Å². The van der Waals surface area contributed by atoms with Gasteiger partial charge in [-0.25, -0.2) is 4.79 Å². The standard InChI is InChI=1S/C35H32N2O4/c1-41-35(40)28-15-9-14-26-13-5-8-19-32(26)37(24-10-16-28)34(39)27-20-22-29(23-21-27)36-33(38)31-18-7-6-17-30(31)25-11-3-2-4-12-25/h2-8,11-13,16-23H,9-10,14-15,24H2,1H3,(H,36,38). The summed E-state index contributed by atoms with van der Waals surface area (Å²) in [4.78, 5) is 41.0. The van der Waals surface area contributed by atoms with E-state index in [1.165, 1.54) is 7.11 Å². The van der Waals surface area contributed by atoms with Gasteiger partial charge in [0.2, 0.25) is 0 Å². The molecule has 0 bridgehead atoms. The fourth-order valence-electron chi connectivity index (χ4n) is 5.17. The van der Waals surface area contributed by atoms with Crippen LogP contribution in [-0.2, 0) is 16.0 Å². The number of esters is 1. The minimum atomic E-state index is -0.319. The first kappa shape index (κ1) is 27.6. The zero-order valence-electron chi connectivity index (χ0n) is 23.0. The molecule has 6 nitrogen and oxygen atoms in total. The van der Waals surface area contributed by atoms with Crippen molar-refractivity contribution in [3.63, 3.8) is 0 Å². The zero-order chi connectivity index (χ0) is 28.6. The summed E-state index contributed by atoms with van der Waals surface area (Å²) in [6, 6.07) is 32.2. The summed E-state index contributed by atoms with van der Waals surface area (Å²) < 4.78 is 4.95. The summed E-state index contributed by atoms with van der Waals surface area (Å²) in [5.74, 6) is -0.680. The van der Waals surface area contributed by atoms with E-state index in [0.29, 0.717) is 41.8 Å². The molecule has 0 radical (unpaired) electrons. The number of carbonyl (C=O) groups is 3. The lowest BCUT2D eigenvalue weighted by Gasteiger charge is -2.26. The number of rotatable bonds is 5. The Morgan fingerprint density at radius 3 is 2.27 bits per heavy atom. The average molecular weight is 545 g/mol. The molecule has 4 aromatic carbocycles. The number of carbonyl (C=O) groups excluding carboxylic acids is 3. The van der Waals surface area contributed by atoms with Crippen molar-refractivity contribution in [2.45, 2.75) is 25.7 Å². The van der Waals surface area contributed by atoms with E-state index in [1.807, 2.05) is 78.9 Å². The molecular weight excluding hydrogens is 512 g/mol. The number of hydrogen-bond acceptors (Lipinski definition) is 4. The SMILES string of the molecule is COC(=O)C1=CCCN(C(=O)c2ccc(NC(=O)c3ccccc3-c3ccccc3)cc2)c2ccccc2CCC1. The highest BCUT2D eigenvalue weighted by Crippen LogP contribution is 2.28. The van der Waals surface area contributed by atoms with E-state index in [9.17, 15) is 14.4 Å². The monoisotopic (exact) mass is 544 g/mol. The van der Waals surface area contributed by atoms with E-state index in [0.717, 1.165) is 35.2 Å². The van der Waals surface area contributed by atoms with Crippen LogP contribution in [0.15, 0.2) is 115 Å². The van der Waals surface area contributed by atoms with Crippen molar-refractivity contribution in [1.29, 1.82) is 0 Å². The van der Waals surface area contributed by atoms with Crippen molar-refractivity contribution >= 4 is 29.2 Å². The number of para-hydroxylation sites is 1. The van der Waals surface area contributed by atoms with Crippen molar-refractivity contribution in [3.05, 3.63) is 131 Å². The van der Waals surface area contributed by atoms with E-state index in [4.69, 9.17) is 4.74 Å². The lowest BCUT2D eigenvalue weighted by atomic mass is 9.99. The molecule has 1 aliphatic rings. The molecule has 0 spiro atoms. The Morgan fingerprint density at radius 1 is 0.780 bits per heavy atom. The highest BCUT2D eigenvalue weighted by molar-refractivity contribution is 6.09. The van der Waals surface area contributed by atoms with Gasteiger partial charge in [0.25, 0.3) is 11.8 Å². The quantitative estimate of drug-likeness (QED) is 0.273. The fraction of sp³-hybridized carbons (Fsp3) is 0.171. The molecular formula is C35H32N2O4. The summed E-state index contributed by atoms with van der Waals surface area (Å²) >= 11 is 0. The zero-order valence-corrected chi connectivity index (χ0v) is 23.0. The number of anilines is 2. The molecule has 41 heavy (non-hydrogen) atoms. The smallest absolute Gasteiger partial charge is 0.333 e. The number of benzene rings is 4. The summed E-state index contributed by atoms with van der Waals surface area (Å²) in [6.07, 6.45) is 4.56. The van der Waals surface area contributed by atoms with Crippen LogP contribution in [0.1, 0.15) is 45.5 Å². The van der Waals surface area contributed by atoms with Crippen LogP contribution < -0.4 is 10.2 Å². The van der Waals surface area contributed by atoms with Gasteiger partial charge >= 0.3 is 5.97 Å². The van der Waals surface area contributed by atoms with Gasteiger partial charge in [-0.3, -0.25) is 9.59 Å². The maximum Gasteiger partial charge on any atom is 0.333 e. The lowest BCUT2D eigenvalue weighted by Crippen LogP contribution is -2.33. The van der Waals surface area contributed by atoms with Crippen LogP contribution in [-0.4, -0.2) is 31.4 Å². The first-order valence-corrected chi connectivity index (χ1v) is 13.8. The number of aryl methyl sites for hydroxylation is 1. The third-order valence-corrected chi connectivity index (χ3v) is 7.26. The van der Waals surface area contributed by atoms with Crippen molar-refractivity contribution in [2.75, 3.05) is 23.9 Å². The summed E-state index contributed by atoms with van der Waals surface area (Å²) in [5.41, 5.74) is 6.08. The number of nitrogens with one attached hydrogen (secondary N) is 1. The molecule has 0 fully saturated rings. The van der Waals surface area contributed by atoms with E-state index < -0.39 is 0 Å². The summed E-state index contributed by atoms with van der Waals surface area (Å²) in [5, 5.41) is 2.97. The molecule has 5 rings (SSSR count). The largest absolute Gasteiger partial charge is 0.466 e. The molecule has 6 heteroatoms. The third kappa shape index (κ3) is 6.44. The number of hydrogen-bond donors (Lipinski definition) is 1. The Morgan fingerprint density at radius 2 is 1.49 bits per heavy atom. The van der Waals surface area contributed by atoms with Crippen molar-refractivity contribution in [1.82, 2.24) is 0 Å². The summed E-state index contributed by atoms with van der Waals surface area (Å²) in [7, 11) is 1.39. The van der Waals surface area contributed by atoms with Gasteiger partial charge in [0, 0.05) is 34.6 Å². The Bertz CT molecular complexity index is 1580. The van der Waals surface area contributed by atoms with Crippen molar-refractivity contribution in [2.24, 2.45) is 0 Å². The van der Waals surface area contributed by atoms with Crippen LogP contribution in [0, 0.1) is 0 Å². The van der Waals surface area contributed by atoms with E-state index >= 15 is 0 Å². The van der Waals surface area contributed by atoms with Gasteiger partial charge in [0.15, 0.2) is 0 Å². The van der Waals surface area contributed by atoms with Crippen LogP contribution in [0.25, 0.3) is 11.1 Å². The number of amides is 2. The van der Waals surface area contributed by atoms with E-state index in [2.05, 4.69) is 5.32 Å². The second kappa shape index (κ2) is 12.9. The normalized spacial score (nSPS) is 13.4. The number of methoxy groups -OCH3 is 1. The Kier molecular flexibility index (Phi) is 8.70. The van der Waals surface area contributed by atoms with E-state index in [-0.39, 0.29) is 17.8 Å². The molecule has 4 aromatic rings. The molecule has 0 aliphatic carbocycles. The molecule has 0 atom stereocenters. The predicted octanol–water partition coefficient (Wildman–Crippen LogP) is 7.08. The highest BCUT2D eigenvalue weighted by atomic mass is 16.5. The average Bonchev–Trinajstić information content (AvgIpc) is 3.03. The first-order valence-electron chi connectivity index (χ1n) is 13.8. The van der Waals surface area contributed by atoms with Gasteiger partial charge in [-0.2, -0.15) is 0 Å². The van der Waals surface area contributed by atoms with Crippen molar-refractivity contribution < 1.29 is 19.1 Å². The highest BCUT2D eigenvalue weighted by Gasteiger charge is 2.22. The van der Waals surface area contributed by atoms with Gasteiger partial charge in [0.1, 0.15) is 0 Å². The maximum atomic E-state index is 13.8. The maximum absolute atomic E-state index is 13.8.